The Labute approximate surface area is 213 Å². The van der Waals surface area contributed by atoms with Gasteiger partial charge in [-0.3, -0.25) is 14.6 Å². The predicted molar refractivity (Wildman–Crippen MR) is 117 cm³/mol. The molecule has 0 radical (unpaired) electrons. The quantitative estimate of drug-likeness (QED) is 0.340. The topological polar surface area (TPSA) is 128 Å². The molecule has 0 spiro atoms. The Morgan fingerprint density at radius 3 is 2.53 bits per heavy atom. The molecule has 18 heteroatoms. The van der Waals surface area contributed by atoms with Crippen LogP contribution in [0.4, 0.5) is 30.7 Å². The smallest absolute Gasteiger partial charge is 0.350 e. The first-order chi connectivity index (χ1) is 17.8. The Morgan fingerprint density at radius 1 is 1.05 bits per heavy atom. The van der Waals surface area contributed by atoms with Crippen molar-refractivity contribution in [3.05, 3.63) is 51.5 Å². The van der Waals surface area contributed by atoms with Gasteiger partial charge in [0.15, 0.2) is 5.69 Å². The van der Waals surface area contributed by atoms with E-state index in [1.807, 2.05) is 5.32 Å². The Morgan fingerprint density at radius 2 is 1.82 bits per heavy atom. The molecule has 10 nitrogen and oxygen atoms in total. The maximum absolute atomic E-state index is 14.4. The van der Waals surface area contributed by atoms with E-state index in [2.05, 4.69) is 30.8 Å². The summed E-state index contributed by atoms with van der Waals surface area (Å²) < 4.78 is 90.2. The van der Waals surface area contributed by atoms with Crippen LogP contribution in [0.2, 0.25) is 0 Å². The number of nitrogens with one attached hydrogen (secondary N) is 2. The average Bonchev–Trinajstić information content (AvgIpc) is 3.50. The average molecular weight is 568 g/mol. The number of rotatable bonds is 11. The van der Waals surface area contributed by atoms with Crippen molar-refractivity contribution in [2.75, 3.05) is 6.54 Å². The third kappa shape index (κ3) is 9.00. The van der Waals surface area contributed by atoms with Gasteiger partial charge in [-0.2, -0.15) is 26.3 Å². The van der Waals surface area contributed by atoms with Crippen molar-refractivity contribution in [3.63, 3.8) is 0 Å². The summed E-state index contributed by atoms with van der Waals surface area (Å²) in [5.41, 5.74) is -1.17. The fourth-order valence-corrected chi connectivity index (χ4v) is 3.69. The monoisotopic (exact) mass is 568 g/mol. The molecule has 1 unspecified atom stereocenters. The van der Waals surface area contributed by atoms with Gasteiger partial charge in [-0.25, -0.2) is 9.07 Å². The van der Waals surface area contributed by atoms with E-state index in [0.29, 0.717) is 5.01 Å². The molecule has 0 saturated carbocycles. The number of alkyl halides is 7. The molecule has 3 rings (SSSR count). The zero-order valence-corrected chi connectivity index (χ0v) is 20.0. The highest BCUT2D eigenvalue weighted by molar-refractivity contribution is 7.13. The normalized spacial score (nSPS) is 12.8. The maximum atomic E-state index is 14.4. The van der Waals surface area contributed by atoms with Gasteiger partial charge in [0.2, 0.25) is 5.01 Å². The molecular formula is C20H19F7N8O2S. The first kappa shape index (κ1) is 28.9. The van der Waals surface area contributed by atoms with Gasteiger partial charge in [0.05, 0.1) is 37.0 Å². The number of aromatic nitrogens is 6. The highest BCUT2D eigenvalue weighted by Gasteiger charge is 2.30. The zero-order valence-electron chi connectivity index (χ0n) is 19.2. The molecule has 0 saturated heterocycles. The lowest BCUT2D eigenvalue weighted by molar-refractivity contribution is -0.137. The molecular weight excluding hydrogens is 549 g/mol. The molecule has 0 aromatic carbocycles. The summed E-state index contributed by atoms with van der Waals surface area (Å²) in [6.07, 6.45) is -9.52. The molecule has 3 heterocycles. The standard InChI is InChI=1S/C20H19F7N8O2S/c21-12(9-35-10-14(31-34-35)16(36)29-6-4-19(22,23)24)1-2-15-32-33-18(38-15)17(37)30-8-13-7-11(3-5-28-13)20(25,26)27/h3,5,7,10,12H,1-2,4,6,8-9H2,(H,29,36)(H,30,37). The van der Waals surface area contributed by atoms with Gasteiger partial charge in [0.1, 0.15) is 11.2 Å². The van der Waals surface area contributed by atoms with Crippen molar-refractivity contribution in [1.29, 1.82) is 0 Å². The van der Waals surface area contributed by atoms with E-state index in [1.54, 1.807) is 0 Å². The maximum Gasteiger partial charge on any atom is 0.416 e. The number of carbonyl (C=O) groups is 2. The Hall–Kier alpha value is -3.70. The summed E-state index contributed by atoms with van der Waals surface area (Å²) in [4.78, 5) is 27.8. The lowest BCUT2D eigenvalue weighted by Gasteiger charge is -2.08. The molecule has 0 fully saturated rings. The fourth-order valence-electron chi connectivity index (χ4n) is 2.92. The molecule has 0 bridgehead atoms. The number of halogens is 7. The summed E-state index contributed by atoms with van der Waals surface area (Å²) >= 11 is 0.880. The van der Waals surface area contributed by atoms with E-state index in [-0.39, 0.29) is 42.3 Å². The lowest BCUT2D eigenvalue weighted by atomic mass is 10.2. The van der Waals surface area contributed by atoms with Crippen LogP contribution in [0.15, 0.2) is 24.5 Å². The van der Waals surface area contributed by atoms with Crippen LogP contribution in [0.3, 0.4) is 0 Å². The molecule has 38 heavy (non-hydrogen) atoms. The number of pyridine rings is 1. The molecule has 0 aliphatic carbocycles. The molecule has 0 aliphatic rings. The molecule has 0 aliphatic heterocycles. The Bertz CT molecular complexity index is 1240. The van der Waals surface area contributed by atoms with E-state index >= 15 is 0 Å². The van der Waals surface area contributed by atoms with E-state index in [1.165, 1.54) is 0 Å². The third-order valence-corrected chi connectivity index (χ3v) is 5.74. The van der Waals surface area contributed by atoms with Crippen LogP contribution in [0.25, 0.3) is 0 Å². The third-order valence-electron chi connectivity index (χ3n) is 4.76. The first-order valence-electron chi connectivity index (χ1n) is 10.8. The number of nitrogens with zero attached hydrogens (tertiary/aromatic N) is 6. The van der Waals surface area contributed by atoms with Gasteiger partial charge in [-0.1, -0.05) is 16.6 Å². The summed E-state index contributed by atoms with van der Waals surface area (Å²) in [5, 5.41) is 19.3. The highest BCUT2D eigenvalue weighted by atomic mass is 32.1. The predicted octanol–water partition coefficient (Wildman–Crippen LogP) is 3.13. The van der Waals surface area contributed by atoms with E-state index < -0.39 is 48.9 Å². The summed E-state index contributed by atoms with van der Waals surface area (Å²) in [5.74, 6) is -1.56. The Kier molecular flexibility index (Phi) is 9.29. The minimum Gasteiger partial charge on any atom is -0.350 e. The van der Waals surface area contributed by atoms with Gasteiger partial charge < -0.3 is 10.6 Å². The fraction of sp³-hybridized carbons (Fsp3) is 0.450. The molecule has 3 aromatic heterocycles. The van der Waals surface area contributed by atoms with E-state index in [9.17, 15) is 40.3 Å². The summed E-state index contributed by atoms with van der Waals surface area (Å²) in [7, 11) is 0. The van der Waals surface area contributed by atoms with E-state index in [4.69, 9.17) is 0 Å². The molecule has 206 valence electrons. The second-order valence-corrected chi connectivity index (χ2v) is 8.86. The van der Waals surface area contributed by atoms with Gasteiger partial charge >= 0.3 is 12.4 Å². The van der Waals surface area contributed by atoms with Crippen LogP contribution < -0.4 is 10.6 Å². The van der Waals surface area contributed by atoms with Crippen molar-refractivity contribution in [2.45, 2.75) is 50.9 Å². The number of hydrogen-bond donors (Lipinski definition) is 2. The number of aryl methyl sites for hydroxylation is 1. The molecule has 3 aromatic rings. The zero-order chi connectivity index (χ0) is 27.9. The number of amides is 2. The Balaban J connectivity index is 1.43. The van der Waals surface area contributed by atoms with Crippen LogP contribution >= 0.6 is 11.3 Å². The van der Waals surface area contributed by atoms with Crippen LogP contribution in [0.1, 0.15) is 49.4 Å². The first-order valence-corrected chi connectivity index (χ1v) is 11.6. The van der Waals surface area contributed by atoms with Gasteiger partial charge in [-0.05, 0) is 18.6 Å². The summed E-state index contributed by atoms with van der Waals surface area (Å²) in [6, 6.07) is 1.62. The van der Waals surface area contributed by atoms with Crippen molar-refractivity contribution < 1.29 is 40.3 Å². The van der Waals surface area contributed by atoms with E-state index in [0.717, 1.165) is 40.5 Å². The van der Waals surface area contributed by atoms with Gasteiger partial charge in [0, 0.05) is 19.2 Å². The SMILES string of the molecule is O=C(NCCC(F)(F)F)c1cn(CC(F)CCc2nnc(C(=O)NCc3cc(C(F)(F)F)ccn3)s2)nn1. The van der Waals surface area contributed by atoms with Crippen molar-refractivity contribution in [3.8, 4) is 0 Å². The van der Waals surface area contributed by atoms with Crippen LogP contribution in [0, 0.1) is 0 Å². The molecule has 2 N–H and O–H groups in total. The minimum absolute atomic E-state index is 0.00626. The van der Waals surface area contributed by atoms with Crippen LogP contribution in [-0.2, 0) is 25.7 Å². The van der Waals surface area contributed by atoms with Crippen molar-refractivity contribution >= 4 is 23.2 Å². The second-order valence-electron chi connectivity index (χ2n) is 7.80. The molecule has 2 amide bonds. The van der Waals surface area contributed by atoms with Gasteiger partial charge in [-0.15, -0.1) is 15.3 Å². The number of carbonyl (C=O) groups excluding carboxylic acids is 2. The largest absolute Gasteiger partial charge is 0.416 e. The summed E-state index contributed by atoms with van der Waals surface area (Å²) in [6.45, 7) is -1.20. The van der Waals surface area contributed by atoms with Crippen LogP contribution in [0.5, 0.6) is 0 Å². The minimum atomic E-state index is -4.55. The van der Waals surface area contributed by atoms with Crippen molar-refractivity contribution in [2.24, 2.45) is 0 Å². The van der Waals surface area contributed by atoms with Crippen LogP contribution in [-0.4, -0.2) is 60.9 Å². The second kappa shape index (κ2) is 12.2. The van der Waals surface area contributed by atoms with Gasteiger partial charge in [0.25, 0.3) is 11.8 Å². The number of hydrogen-bond acceptors (Lipinski definition) is 8. The van der Waals surface area contributed by atoms with Crippen molar-refractivity contribution in [1.82, 2.24) is 40.8 Å². The highest BCUT2D eigenvalue weighted by Crippen LogP contribution is 2.29. The lowest BCUT2D eigenvalue weighted by Crippen LogP contribution is -2.28. The molecule has 1 atom stereocenters.